The molecule has 0 aliphatic heterocycles. The molecule has 0 saturated carbocycles. The smallest absolute Gasteiger partial charge is 0.0713 e. The van der Waals surface area contributed by atoms with Gasteiger partial charge in [-0.1, -0.05) is 110 Å². The average Bonchev–Trinajstić information content (AvgIpc) is 3.65. The molecule has 0 radical (unpaired) electrons. The number of benzene rings is 6. The van der Waals surface area contributed by atoms with Crippen LogP contribution in [0.3, 0.4) is 0 Å². The number of nitrogens with zero attached hydrogens (tertiary/aromatic N) is 3. The molecule has 3 heteroatoms. The molecule has 6 aromatic carbocycles. The monoisotopic (exact) mass is 603 g/mol. The van der Waals surface area contributed by atoms with Crippen molar-refractivity contribution < 1.29 is 0 Å². The van der Waals surface area contributed by atoms with Crippen molar-refractivity contribution in [2.45, 2.75) is 19.8 Å². The number of hydrogen-bond donors (Lipinski definition) is 0. The molecule has 0 saturated heterocycles. The molecule has 9 rings (SSSR count). The zero-order valence-corrected chi connectivity index (χ0v) is 26.3. The first-order valence-electron chi connectivity index (χ1n) is 16.5. The van der Waals surface area contributed by atoms with E-state index >= 15 is 0 Å². The Balaban J connectivity index is 1.19. The molecule has 3 heterocycles. The zero-order valence-electron chi connectivity index (χ0n) is 26.3. The molecule has 224 valence electrons. The summed E-state index contributed by atoms with van der Waals surface area (Å²) in [6, 6.07) is 56.9. The Morgan fingerprint density at radius 2 is 0.809 bits per heavy atom. The van der Waals surface area contributed by atoms with Gasteiger partial charge in [0, 0.05) is 44.0 Å². The first-order chi connectivity index (χ1) is 23.3. The van der Waals surface area contributed by atoms with Gasteiger partial charge in [-0.05, 0) is 72.6 Å². The SMILES string of the molecule is CCCc1cc(-c2cccc(-n3c4ccccc4c4ccccc43)c2)nc(-c2cccc(-n3c4ccccc4c4ccccc43)c2)c1. The number of fused-ring (bicyclic) bond motifs is 6. The molecule has 0 aliphatic carbocycles. The number of aryl methyl sites for hydroxylation is 1. The van der Waals surface area contributed by atoms with Crippen LogP contribution in [0.1, 0.15) is 18.9 Å². The fraction of sp³-hybridized carbons (Fsp3) is 0.0682. The predicted octanol–water partition coefficient (Wildman–Crippen LogP) is 11.6. The average molecular weight is 604 g/mol. The first-order valence-corrected chi connectivity index (χ1v) is 16.5. The van der Waals surface area contributed by atoms with E-state index in [9.17, 15) is 0 Å². The van der Waals surface area contributed by atoms with Crippen LogP contribution in [0.2, 0.25) is 0 Å². The highest BCUT2D eigenvalue weighted by Crippen LogP contribution is 2.35. The third-order valence-corrected chi connectivity index (χ3v) is 9.38. The molecule has 0 fully saturated rings. The first kappa shape index (κ1) is 27.4. The van der Waals surface area contributed by atoms with Crippen molar-refractivity contribution in [1.82, 2.24) is 14.1 Å². The fourth-order valence-electron chi connectivity index (χ4n) is 7.33. The minimum atomic E-state index is 0.996. The molecule has 9 aromatic rings. The molecule has 3 nitrogen and oxygen atoms in total. The third kappa shape index (κ3) is 4.54. The summed E-state index contributed by atoms with van der Waals surface area (Å²) >= 11 is 0. The van der Waals surface area contributed by atoms with Crippen LogP contribution in [0.5, 0.6) is 0 Å². The van der Waals surface area contributed by atoms with Crippen LogP contribution in [0.4, 0.5) is 0 Å². The van der Waals surface area contributed by atoms with Crippen molar-refractivity contribution in [2.24, 2.45) is 0 Å². The Kier molecular flexibility index (Phi) is 6.50. The number of hydrogen-bond acceptors (Lipinski definition) is 1. The van der Waals surface area contributed by atoms with Gasteiger partial charge in [-0.15, -0.1) is 0 Å². The van der Waals surface area contributed by atoms with Crippen LogP contribution in [0, 0.1) is 0 Å². The standard InChI is InChI=1S/C44H33N3/c1-2-13-30-26-39(31-14-11-16-33(28-31)46-41-22-7-3-18-35(41)36-19-4-8-23-42(36)46)45-40(27-30)32-15-12-17-34(29-32)47-43-24-9-5-20-37(43)38-21-6-10-25-44(38)47/h3-12,14-29H,2,13H2,1H3. The Morgan fingerprint density at radius 3 is 1.19 bits per heavy atom. The molecule has 0 amide bonds. The Labute approximate surface area is 274 Å². The van der Waals surface area contributed by atoms with E-state index in [0.29, 0.717) is 0 Å². The highest BCUT2D eigenvalue weighted by Gasteiger charge is 2.15. The predicted molar refractivity (Wildman–Crippen MR) is 198 cm³/mol. The van der Waals surface area contributed by atoms with Crippen molar-refractivity contribution >= 4 is 43.6 Å². The number of para-hydroxylation sites is 4. The lowest BCUT2D eigenvalue weighted by Gasteiger charge is -2.13. The summed E-state index contributed by atoms with van der Waals surface area (Å²) in [5.41, 5.74) is 12.6. The minimum absolute atomic E-state index is 0.996. The van der Waals surface area contributed by atoms with Gasteiger partial charge in [-0.3, -0.25) is 0 Å². The second-order valence-electron chi connectivity index (χ2n) is 12.3. The van der Waals surface area contributed by atoms with Crippen molar-refractivity contribution in [3.63, 3.8) is 0 Å². The van der Waals surface area contributed by atoms with E-state index in [-0.39, 0.29) is 0 Å². The Morgan fingerprint density at radius 1 is 0.426 bits per heavy atom. The molecule has 3 aromatic heterocycles. The largest absolute Gasteiger partial charge is 0.309 e. The lowest BCUT2D eigenvalue weighted by molar-refractivity contribution is 0.919. The van der Waals surface area contributed by atoms with E-state index < -0.39 is 0 Å². The lowest BCUT2D eigenvalue weighted by atomic mass is 10.0. The molecule has 0 bridgehead atoms. The zero-order chi connectivity index (χ0) is 31.3. The Bertz CT molecular complexity index is 2320. The molecule has 0 spiro atoms. The molecule has 0 aliphatic rings. The maximum absolute atomic E-state index is 5.33. The van der Waals surface area contributed by atoms with E-state index in [4.69, 9.17) is 4.98 Å². The maximum atomic E-state index is 5.33. The van der Waals surface area contributed by atoms with E-state index in [1.165, 1.54) is 49.2 Å². The lowest BCUT2D eigenvalue weighted by Crippen LogP contribution is -1.97. The highest BCUT2D eigenvalue weighted by atomic mass is 15.0. The van der Waals surface area contributed by atoms with Gasteiger partial charge in [0.1, 0.15) is 0 Å². The van der Waals surface area contributed by atoms with Crippen molar-refractivity contribution in [3.05, 3.63) is 163 Å². The number of rotatable bonds is 6. The quantitative estimate of drug-likeness (QED) is 0.185. The van der Waals surface area contributed by atoms with Gasteiger partial charge in [0.25, 0.3) is 0 Å². The second kappa shape index (κ2) is 11.1. The van der Waals surface area contributed by atoms with E-state index in [0.717, 1.165) is 46.7 Å². The summed E-state index contributed by atoms with van der Waals surface area (Å²) in [6.45, 7) is 2.24. The van der Waals surface area contributed by atoms with Crippen LogP contribution in [-0.2, 0) is 6.42 Å². The summed E-state index contributed by atoms with van der Waals surface area (Å²) in [6.07, 6.45) is 2.08. The fourth-order valence-corrected chi connectivity index (χ4v) is 7.33. The van der Waals surface area contributed by atoms with Gasteiger partial charge in [0.05, 0.1) is 33.5 Å². The summed E-state index contributed by atoms with van der Waals surface area (Å²) < 4.78 is 4.75. The normalized spacial score (nSPS) is 11.7. The van der Waals surface area contributed by atoms with Crippen molar-refractivity contribution in [1.29, 1.82) is 0 Å². The van der Waals surface area contributed by atoms with Crippen LogP contribution in [0.25, 0.3) is 77.5 Å². The highest BCUT2D eigenvalue weighted by molar-refractivity contribution is 6.10. The van der Waals surface area contributed by atoms with E-state index in [2.05, 4.69) is 174 Å². The van der Waals surface area contributed by atoms with Crippen LogP contribution < -0.4 is 0 Å². The molecular formula is C44H33N3. The Hall–Kier alpha value is -5.93. The van der Waals surface area contributed by atoms with Crippen LogP contribution in [0.15, 0.2) is 158 Å². The van der Waals surface area contributed by atoms with Gasteiger partial charge in [-0.25, -0.2) is 4.98 Å². The second-order valence-corrected chi connectivity index (χ2v) is 12.3. The third-order valence-electron chi connectivity index (χ3n) is 9.38. The van der Waals surface area contributed by atoms with Crippen molar-refractivity contribution in [2.75, 3.05) is 0 Å². The van der Waals surface area contributed by atoms with Gasteiger partial charge in [0.15, 0.2) is 0 Å². The molecule has 47 heavy (non-hydrogen) atoms. The summed E-state index contributed by atoms with van der Waals surface area (Å²) in [5, 5.41) is 5.06. The minimum Gasteiger partial charge on any atom is -0.309 e. The van der Waals surface area contributed by atoms with Gasteiger partial charge < -0.3 is 9.13 Å². The summed E-state index contributed by atoms with van der Waals surface area (Å²) in [4.78, 5) is 5.33. The van der Waals surface area contributed by atoms with Gasteiger partial charge in [0.2, 0.25) is 0 Å². The topological polar surface area (TPSA) is 22.8 Å². The van der Waals surface area contributed by atoms with Crippen LogP contribution in [-0.4, -0.2) is 14.1 Å². The van der Waals surface area contributed by atoms with Gasteiger partial charge >= 0.3 is 0 Å². The van der Waals surface area contributed by atoms with Gasteiger partial charge in [-0.2, -0.15) is 0 Å². The summed E-state index contributed by atoms with van der Waals surface area (Å²) in [5.74, 6) is 0. The molecular weight excluding hydrogens is 571 g/mol. The van der Waals surface area contributed by atoms with E-state index in [1.807, 2.05) is 0 Å². The molecule has 0 unspecified atom stereocenters. The molecule has 0 atom stereocenters. The van der Waals surface area contributed by atoms with E-state index in [1.54, 1.807) is 0 Å². The number of pyridine rings is 1. The van der Waals surface area contributed by atoms with Crippen LogP contribution >= 0.6 is 0 Å². The maximum Gasteiger partial charge on any atom is 0.0713 e. The summed E-state index contributed by atoms with van der Waals surface area (Å²) in [7, 11) is 0. The van der Waals surface area contributed by atoms with Crippen molar-refractivity contribution in [3.8, 4) is 33.9 Å². The molecule has 0 N–H and O–H groups in total. The number of aromatic nitrogens is 3.